The van der Waals surface area contributed by atoms with Crippen LogP contribution in [0.3, 0.4) is 0 Å². The number of carbonyl (C=O) groups excluding carboxylic acids is 1. The van der Waals surface area contributed by atoms with Gasteiger partial charge in [-0.2, -0.15) is 0 Å². The summed E-state index contributed by atoms with van der Waals surface area (Å²) in [5.41, 5.74) is 2.41. The Morgan fingerprint density at radius 2 is 1.96 bits per heavy atom. The molecule has 0 bridgehead atoms. The van der Waals surface area contributed by atoms with Crippen LogP contribution in [-0.2, 0) is 21.9 Å². The van der Waals surface area contributed by atoms with Gasteiger partial charge < -0.3 is 14.4 Å². The first kappa shape index (κ1) is 18.3. The lowest BCUT2D eigenvalue weighted by molar-refractivity contribution is -0.127. The molecule has 2 aliphatic heterocycles. The van der Waals surface area contributed by atoms with Crippen LogP contribution in [-0.4, -0.2) is 29.6 Å². The molecule has 0 unspecified atom stereocenters. The first-order valence-electron chi connectivity index (χ1n) is 9.21. The van der Waals surface area contributed by atoms with E-state index in [2.05, 4.69) is 0 Å². The lowest BCUT2D eigenvalue weighted by atomic mass is 10.1. The first-order chi connectivity index (χ1) is 13.2. The van der Waals surface area contributed by atoms with Gasteiger partial charge in [-0.05, 0) is 25.0 Å². The van der Waals surface area contributed by atoms with Gasteiger partial charge in [0.05, 0.1) is 12.4 Å². The van der Waals surface area contributed by atoms with Crippen molar-refractivity contribution in [3.8, 4) is 5.75 Å². The first-order valence-corrected chi connectivity index (χ1v) is 10.4. The molecule has 0 N–H and O–H groups in total. The van der Waals surface area contributed by atoms with Crippen molar-refractivity contribution in [3.63, 3.8) is 0 Å². The van der Waals surface area contributed by atoms with Crippen LogP contribution < -0.4 is 4.74 Å². The molecule has 2 heterocycles. The number of halogens is 1. The van der Waals surface area contributed by atoms with Crippen LogP contribution in [0.5, 0.6) is 5.75 Å². The number of hydrogen-bond acceptors (Lipinski definition) is 4. The van der Waals surface area contributed by atoms with Crippen LogP contribution >= 0.6 is 11.8 Å². The Hall–Kier alpha value is -2.05. The van der Waals surface area contributed by atoms with E-state index in [0.29, 0.717) is 29.4 Å². The molecule has 27 heavy (non-hydrogen) atoms. The second-order valence-corrected chi connectivity index (χ2v) is 7.79. The van der Waals surface area contributed by atoms with E-state index in [0.717, 1.165) is 37.1 Å². The van der Waals surface area contributed by atoms with E-state index in [1.807, 2.05) is 35.2 Å². The molecule has 0 aromatic heterocycles. The summed E-state index contributed by atoms with van der Waals surface area (Å²) in [4.78, 5) is 14.1. The number of rotatable bonds is 5. The third kappa shape index (κ3) is 4.28. The molecule has 4 nitrogen and oxygen atoms in total. The van der Waals surface area contributed by atoms with Crippen LogP contribution in [0.15, 0.2) is 42.5 Å². The normalized spacial score (nSPS) is 18.9. The fourth-order valence-electron chi connectivity index (χ4n) is 3.46. The molecule has 2 aromatic carbocycles. The van der Waals surface area contributed by atoms with Gasteiger partial charge >= 0.3 is 0 Å². The summed E-state index contributed by atoms with van der Waals surface area (Å²) in [6.45, 7) is 2.01. The van der Waals surface area contributed by atoms with Crippen LogP contribution in [0.2, 0.25) is 0 Å². The van der Waals surface area contributed by atoms with Crippen LogP contribution in [0.1, 0.15) is 35.8 Å². The zero-order valence-corrected chi connectivity index (χ0v) is 15.8. The highest BCUT2D eigenvalue weighted by atomic mass is 32.2. The van der Waals surface area contributed by atoms with E-state index in [4.69, 9.17) is 9.47 Å². The number of carbonyl (C=O) groups is 1. The molecular weight excluding hydrogens is 365 g/mol. The Labute approximate surface area is 162 Å². The molecule has 1 saturated heterocycles. The predicted octanol–water partition coefficient (Wildman–Crippen LogP) is 4.29. The van der Waals surface area contributed by atoms with Gasteiger partial charge in [-0.1, -0.05) is 30.3 Å². The van der Waals surface area contributed by atoms with Gasteiger partial charge in [-0.3, -0.25) is 4.79 Å². The number of fused-ring (bicyclic) bond motifs is 1. The number of thioether (sulfide) groups is 1. The number of nitrogens with zero attached hydrogens (tertiary/aromatic N) is 1. The Morgan fingerprint density at radius 3 is 2.74 bits per heavy atom. The number of ether oxygens (including phenoxy) is 2. The topological polar surface area (TPSA) is 38.8 Å². The molecule has 0 spiro atoms. The Balaban J connectivity index is 1.45. The monoisotopic (exact) mass is 387 g/mol. The quantitative estimate of drug-likeness (QED) is 0.767. The van der Waals surface area contributed by atoms with Gasteiger partial charge in [0.25, 0.3) is 0 Å². The van der Waals surface area contributed by atoms with Gasteiger partial charge in [0.15, 0.2) is 0 Å². The second-order valence-electron chi connectivity index (χ2n) is 6.81. The minimum absolute atomic E-state index is 0.161. The average Bonchev–Trinajstić information content (AvgIpc) is 3.23. The molecule has 0 radical (unpaired) electrons. The van der Waals surface area contributed by atoms with Crippen LogP contribution in [0.4, 0.5) is 4.39 Å². The van der Waals surface area contributed by atoms with E-state index in [9.17, 15) is 9.18 Å². The van der Waals surface area contributed by atoms with Gasteiger partial charge in [0.1, 0.15) is 11.6 Å². The minimum atomic E-state index is -0.501. The van der Waals surface area contributed by atoms with Crippen molar-refractivity contribution >= 4 is 17.7 Å². The third-order valence-corrected chi connectivity index (χ3v) is 5.80. The van der Waals surface area contributed by atoms with Gasteiger partial charge in [-0.25, -0.2) is 4.39 Å². The van der Waals surface area contributed by atoms with Crippen molar-refractivity contribution in [3.05, 3.63) is 65.0 Å². The molecule has 0 saturated carbocycles. The lowest BCUT2D eigenvalue weighted by Crippen LogP contribution is -2.29. The summed E-state index contributed by atoms with van der Waals surface area (Å²) in [7, 11) is 0. The maximum absolute atomic E-state index is 14.0. The largest absolute Gasteiger partial charge is 0.460 e. The van der Waals surface area contributed by atoms with E-state index < -0.39 is 6.29 Å². The molecule has 6 heteroatoms. The standard InChI is InChI=1S/C21H22FNO3S/c22-18-10-16-12-25-21(15-6-2-1-3-7-15)26-20(16)17(11-18)13-27-14-19(24)23-8-4-5-9-23/h1-3,6-7,10-11,21H,4-5,8-9,12-14H2/t21-/m0/s1. The fourth-order valence-corrected chi connectivity index (χ4v) is 4.36. The summed E-state index contributed by atoms with van der Waals surface area (Å²) in [5, 5.41) is 0. The summed E-state index contributed by atoms with van der Waals surface area (Å²) >= 11 is 1.50. The SMILES string of the molecule is O=C(CSCc1cc(F)cc2c1O[C@@H](c1ccccc1)OC2)N1CCCC1. The van der Waals surface area contributed by atoms with E-state index in [-0.39, 0.29) is 11.7 Å². The Morgan fingerprint density at radius 1 is 1.19 bits per heavy atom. The summed E-state index contributed by atoms with van der Waals surface area (Å²) in [6.07, 6.45) is 1.67. The second kappa shape index (κ2) is 8.31. The molecule has 2 aliphatic rings. The van der Waals surface area contributed by atoms with Crippen molar-refractivity contribution in [1.29, 1.82) is 0 Å². The number of benzene rings is 2. The summed E-state index contributed by atoms with van der Waals surface area (Å²) in [6, 6.07) is 12.7. The molecule has 2 aromatic rings. The molecular formula is C21H22FNO3S. The smallest absolute Gasteiger partial charge is 0.232 e. The fraction of sp³-hybridized carbons (Fsp3) is 0.381. The number of amides is 1. The van der Waals surface area contributed by atoms with Gasteiger partial charge in [-0.15, -0.1) is 11.8 Å². The van der Waals surface area contributed by atoms with Crippen molar-refractivity contribution in [2.45, 2.75) is 31.5 Å². The highest BCUT2D eigenvalue weighted by molar-refractivity contribution is 7.99. The zero-order chi connectivity index (χ0) is 18.6. The highest BCUT2D eigenvalue weighted by Crippen LogP contribution is 2.38. The summed E-state index contributed by atoms with van der Waals surface area (Å²) in [5.74, 6) is 1.47. The maximum atomic E-state index is 14.0. The maximum Gasteiger partial charge on any atom is 0.232 e. The molecule has 4 rings (SSSR count). The molecule has 1 atom stereocenters. The number of hydrogen-bond donors (Lipinski definition) is 0. The summed E-state index contributed by atoms with van der Waals surface area (Å²) < 4.78 is 25.8. The number of likely N-dealkylation sites (tertiary alicyclic amines) is 1. The highest BCUT2D eigenvalue weighted by Gasteiger charge is 2.25. The van der Waals surface area contributed by atoms with Crippen molar-refractivity contribution in [2.75, 3.05) is 18.8 Å². The lowest BCUT2D eigenvalue weighted by Gasteiger charge is -2.28. The van der Waals surface area contributed by atoms with Crippen molar-refractivity contribution < 1.29 is 18.7 Å². The van der Waals surface area contributed by atoms with Crippen molar-refractivity contribution in [1.82, 2.24) is 4.90 Å². The predicted molar refractivity (Wildman–Crippen MR) is 103 cm³/mol. The van der Waals surface area contributed by atoms with E-state index >= 15 is 0 Å². The average molecular weight is 387 g/mol. The van der Waals surface area contributed by atoms with Crippen LogP contribution in [0, 0.1) is 5.82 Å². The minimum Gasteiger partial charge on any atom is -0.460 e. The van der Waals surface area contributed by atoms with E-state index in [1.165, 1.54) is 23.9 Å². The molecule has 0 aliphatic carbocycles. The van der Waals surface area contributed by atoms with Gasteiger partial charge in [0.2, 0.25) is 12.2 Å². The molecule has 142 valence electrons. The van der Waals surface area contributed by atoms with Gasteiger partial charge in [0, 0.05) is 35.5 Å². The Kier molecular flexibility index (Phi) is 5.64. The van der Waals surface area contributed by atoms with E-state index in [1.54, 1.807) is 0 Å². The molecule has 1 fully saturated rings. The zero-order valence-electron chi connectivity index (χ0n) is 15.0. The molecule has 1 amide bonds. The van der Waals surface area contributed by atoms with Crippen molar-refractivity contribution in [2.24, 2.45) is 0 Å². The third-order valence-electron chi connectivity index (χ3n) is 4.84. The van der Waals surface area contributed by atoms with Crippen LogP contribution in [0.25, 0.3) is 0 Å². The Bertz CT molecular complexity index is 809.